The molecule has 1 heterocycles. The third-order valence-corrected chi connectivity index (χ3v) is 5.41. The molecular weight excluding hydrogens is 290 g/mol. The highest BCUT2D eigenvalue weighted by molar-refractivity contribution is 7.89. The number of nitrogens with one attached hydrogen (secondary N) is 1. The molecule has 0 saturated carbocycles. The molecule has 0 spiro atoms. The summed E-state index contributed by atoms with van der Waals surface area (Å²) in [6.07, 6.45) is 0.644. The summed E-state index contributed by atoms with van der Waals surface area (Å²) in [5.41, 5.74) is 0.574. The van der Waals surface area contributed by atoms with E-state index in [0.717, 1.165) is 0 Å². The second kappa shape index (κ2) is 6.44. The predicted molar refractivity (Wildman–Crippen MR) is 81.6 cm³/mol. The van der Waals surface area contributed by atoms with Crippen LogP contribution in [0, 0.1) is 0 Å². The fourth-order valence-corrected chi connectivity index (χ4v) is 3.93. The Balaban J connectivity index is 2.35. The van der Waals surface area contributed by atoms with Crippen molar-refractivity contribution < 1.29 is 13.2 Å². The SMILES string of the molecule is CCNc1ccccc1S(=O)(=O)N1CCCN(C)C(=O)C1. The first kappa shape index (κ1) is 15.8. The quantitative estimate of drug-likeness (QED) is 0.899. The Kier molecular flexibility index (Phi) is 4.84. The van der Waals surface area contributed by atoms with E-state index < -0.39 is 10.0 Å². The number of carbonyl (C=O) groups excluding carboxylic acids is 1. The van der Waals surface area contributed by atoms with Crippen LogP contribution in [0.15, 0.2) is 29.2 Å². The van der Waals surface area contributed by atoms with Gasteiger partial charge in [0.1, 0.15) is 4.90 Å². The number of nitrogens with zero attached hydrogens (tertiary/aromatic N) is 2. The Morgan fingerprint density at radius 1 is 1.24 bits per heavy atom. The molecule has 1 aliphatic heterocycles. The lowest BCUT2D eigenvalue weighted by atomic mass is 10.3. The first-order valence-electron chi connectivity index (χ1n) is 7.04. The number of hydrogen-bond acceptors (Lipinski definition) is 4. The number of likely N-dealkylation sites (N-methyl/N-ethyl adjacent to an activating group) is 1. The Hall–Kier alpha value is -1.60. The van der Waals surface area contributed by atoms with Gasteiger partial charge in [0.15, 0.2) is 0 Å². The summed E-state index contributed by atoms with van der Waals surface area (Å²) in [6.45, 7) is 3.39. The number of carbonyl (C=O) groups is 1. The topological polar surface area (TPSA) is 69.7 Å². The highest BCUT2D eigenvalue weighted by Gasteiger charge is 2.31. The maximum Gasteiger partial charge on any atom is 0.245 e. The average molecular weight is 311 g/mol. The number of benzene rings is 1. The van der Waals surface area contributed by atoms with Crippen LogP contribution in [0.2, 0.25) is 0 Å². The summed E-state index contributed by atoms with van der Waals surface area (Å²) < 4.78 is 26.9. The first-order valence-corrected chi connectivity index (χ1v) is 8.48. The molecule has 0 atom stereocenters. The lowest BCUT2D eigenvalue weighted by molar-refractivity contribution is -0.129. The monoisotopic (exact) mass is 311 g/mol. The van der Waals surface area contributed by atoms with E-state index in [0.29, 0.717) is 31.7 Å². The van der Waals surface area contributed by atoms with Gasteiger partial charge in [-0.1, -0.05) is 12.1 Å². The van der Waals surface area contributed by atoms with E-state index in [4.69, 9.17) is 0 Å². The zero-order valence-corrected chi connectivity index (χ0v) is 13.2. The van der Waals surface area contributed by atoms with Crippen molar-refractivity contribution in [2.45, 2.75) is 18.2 Å². The molecule has 0 aliphatic carbocycles. The van der Waals surface area contributed by atoms with Crippen LogP contribution in [-0.2, 0) is 14.8 Å². The van der Waals surface area contributed by atoms with Crippen LogP contribution in [-0.4, -0.2) is 56.8 Å². The molecule has 7 heteroatoms. The van der Waals surface area contributed by atoms with Crippen LogP contribution in [0.3, 0.4) is 0 Å². The normalized spacial score (nSPS) is 17.6. The number of hydrogen-bond donors (Lipinski definition) is 1. The first-order chi connectivity index (χ1) is 9.96. The van der Waals surface area contributed by atoms with Gasteiger partial charge in [-0.2, -0.15) is 4.31 Å². The maximum absolute atomic E-state index is 12.8. The molecule has 2 rings (SSSR count). The van der Waals surface area contributed by atoms with Gasteiger partial charge in [-0.05, 0) is 25.5 Å². The lowest BCUT2D eigenvalue weighted by Crippen LogP contribution is -2.38. The van der Waals surface area contributed by atoms with E-state index in [1.165, 1.54) is 4.31 Å². The summed E-state index contributed by atoms with van der Waals surface area (Å²) in [6, 6.07) is 6.80. The van der Waals surface area contributed by atoms with Crippen LogP contribution in [0.25, 0.3) is 0 Å². The van der Waals surface area contributed by atoms with Crippen molar-refractivity contribution in [1.82, 2.24) is 9.21 Å². The standard InChI is InChI=1S/C14H21N3O3S/c1-3-15-12-7-4-5-8-13(12)21(19,20)17-10-6-9-16(2)14(18)11-17/h4-5,7-8,15H,3,6,9-11H2,1-2H3. The van der Waals surface area contributed by atoms with Gasteiger partial charge in [-0.25, -0.2) is 8.42 Å². The van der Waals surface area contributed by atoms with Gasteiger partial charge >= 0.3 is 0 Å². The molecule has 1 aliphatic rings. The van der Waals surface area contributed by atoms with Crippen LogP contribution in [0.5, 0.6) is 0 Å². The molecule has 1 fully saturated rings. The van der Waals surface area contributed by atoms with Gasteiger partial charge < -0.3 is 10.2 Å². The maximum atomic E-state index is 12.8. The second-order valence-corrected chi connectivity index (χ2v) is 6.94. The number of rotatable bonds is 4. The molecule has 1 N–H and O–H groups in total. The smallest absolute Gasteiger partial charge is 0.245 e. The van der Waals surface area contributed by atoms with Crippen molar-refractivity contribution in [1.29, 1.82) is 0 Å². The Morgan fingerprint density at radius 3 is 2.67 bits per heavy atom. The number of para-hydroxylation sites is 1. The molecule has 6 nitrogen and oxygen atoms in total. The highest BCUT2D eigenvalue weighted by atomic mass is 32.2. The largest absolute Gasteiger partial charge is 0.384 e. The van der Waals surface area contributed by atoms with Crippen molar-refractivity contribution in [3.63, 3.8) is 0 Å². The molecule has 0 radical (unpaired) electrons. The van der Waals surface area contributed by atoms with Gasteiger partial charge in [-0.3, -0.25) is 4.79 Å². The van der Waals surface area contributed by atoms with Crippen LogP contribution >= 0.6 is 0 Å². The third kappa shape index (κ3) is 3.36. The average Bonchev–Trinajstić information content (AvgIpc) is 2.62. The molecule has 0 aromatic heterocycles. The minimum Gasteiger partial charge on any atom is -0.384 e. The molecule has 1 aromatic rings. The molecular formula is C14H21N3O3S. The Bertz CT molecular complexity index is 616. The molecule has 1 aromatic carbocycles. The van der Waals surface area contributed by atoms with Crippen LogP contribution < -0.4 is 5.32 Å². The summed E-state index contributed by atoms with van der Waals surface area (Å²) in [4.78, 5) is 13.7. The zero-order valence-electron chi connectivity index (χ0n) is 12.4. The van der Waals surface area contributed by atoms with Crippen LogP contribution in [0.4, 0.5) is 5.69 Å². The molecule has 0 bridgehead atoms. The summed E-state index contributed by atoms with van der Waals surface area (Å²) in [7, 11) is -1.97. The third-order valence-electron chi connectivity index (χ3n) is 3.51. The van der Waals surface area contributed by atoms with Gasteiger partial charge in [0.05, 0.1) is 12.2 Å². The van der Waals surface area contributed by atoms with Crippen LogP contribution in [0.1, 0.15) is 13.3 Å². The van der Waals surface area contributed by atoms with Crippen molar-refractivity contribution >= 4 is 21.6 Å². The highest BCUT2D eigenvalue weighted by Crippen LogP contribution is 2.25. The van der Waals surface area contributed by atoms with Gasteiger partial charge in [-0.15, -0.1) is 0 Å². The van der Waals surface area contributed by atoms with Gasteiger partial charge in [0.2, 0.25) is 15.9 Å². The van der Waals surface area contributed by atoms with E-state index in [2.05, 4.69) is 5.32 Å². The molecule has 1 saturated heterocycles. The van der Waals surface area contributed by atoms with Crippen molar-refractivity contribution in [2.24, 2.45) is 0 Å². The van der Waals surface area contributed by atoms with E-state index in [1.807, 2.05) is 6.92 Å². The minimum absolute atomic E-state index is 0.0979. The predicted octanol–water partition coefficient (Wildman–Crippen LogP) is 0.971. The van der Waals surface area contributed by atoms with E-state index in [1.54, 1.807) is 36.2 Å². The minimum atomic E-state index is -3.67. The second-order valence-electron chi connectivity index (χ2n) is 5.03. The number of amides is 1. The van der Waals surface area contributed by atoms with Crippen molar-refractivity contribution in [3.05, 3.63) is 24.3 Å². The Labute approximate surface area is 125 Å². The van der Waals surface area contributed by atoms with Crippen molar-refractivity contribution in [3.8, 4) is 0 Å². The van der Waals surface area contributed by atoms with Gasteiger partial charge in [0.25, 0.3) is 0 Å². The van der Waals surface area contributed by atoms with E-state index in [-0.39, 0.29) is 17.3 Å². The lowest BCUT2D eigenvalue weighted by Gasteiger charge is -2.21. The number of anilines is 1. The fraction of sp³-hybridized carbons (Fsp3) is 0.500. The van der Waals surface area contributed by atoms with Gasteiger partial charge in [0, 0.05) is 26.7 Å². The Morgan fingerprint density at radius 2 is 1.95 bits per heavy atom. The van der Waals surface area contributed by atoms with Crippen molar-refractivity contribution in [2.75, 3.05) is 38.5 Å². The zero-order chi connectivity index (χ0) is 15.5. The van der Waals surface area contributed by atoms with E-state index >= 15 is 0 Å². The summed E-state index contributed by atoms with van der Waals surface area (Å²) in [5.74, 6) is -0.169. The summed E-state index contributed by atoms with van der Waals surface area (Å²) >= 11 is 0. The van der Waals surface area contributed by atoms with E-state index in [9.17, 15) is 13.2 Å². The fourth-order valence-electron chi connectivity index (χ4n) is 2.33. The molecule has 21 heavy (non-hydrogen) atoms. The molecule has 0 unspecified atom stereocenters. The summed E-state index contributed by atoms with van der Waals surface area (Å²) in [5, 5.41) is 3.06. The molecule has 1 amide bonds. The number of sulfonamides is 1. The molecule has 116 valence electrons.